The first kappa shape index (κ1) is 26.4. The summed E-state index contributed by atoms with van der Waals surface area (Å²) < 4.78 is 32.9. The molecule has 10 nitrogen and oxygen atoms in total. The summed E-state index contributed by atoms with van der Waals surface area (Å²) in [7, 11) is 2.99. The molecule has 1 saturated carbocycles. The quantitative estimate of drug-likeness (QED) is 0.366. The highest BCUT2D eigenvalue weighted by atomic mass is 32.2. The molecule has 1 N–H and O–H groups in total. The zero-order valence-electron chi connectivity index (χ0n) is 20.2. The number of rotatable bonds is 11. The molecule has 1 aliphatic carbocycles. The smallest absolute Gasteiger partial charge is 0.406 e. The maximum Gasteiger partial charge on any atom is 0.406 e. The summed E-state index contributed by atoms with van der Waals surface area (Å²) in [6.07, 6.45) is 5.00. The van der Waals surface area contributed by atoms with Gasteiger partial charge in [-0.15, -0.1) is 0 Å². The van der Waals surface area contributed by atoms with E-state index in [0.717, 1.165) is 43.4 Å². The van der Waals surface area contributed by atoms with Crippen molar-refractivity contribution in [2.75, 3.05) is 38.1 Å². The van der Waals surface area contributed by atoms with Crippen molar-refractivity contribution in [1.29, 1.82) is 0 Å². The SMILES string of the molecule is COC(=O)NCCCc1cc([C@@H](C)N(C(=O)[C@H]2CCCCO2)C2CC2)cc(N(C)CS(=O)[O-])n1. The second-order valence-electron chi connectivity index (χ2n) is 8.91. The fourth-order valence-electron chi connectivity index (χ4n) is 4.22. The molecule has 2 aliphatic rings. The lowest BCUT2D eigenvalue weighted by atomic mass is 10.0. The van der Waals surface area contributed by atoms with Gasteiger partial charge in [-0.25, -0.2) is 9.78 Å². The van der Waals surface area contributed by atoms with E-state index in [1.54, 1.807) is 11.9 Å². The minimum absolute atomic E-state index is 0.0332. The number of hydrogen-bond acceptors (Lipinski definition) is 8. The van der Waals surface area contributed by atoms with Crippen molar-refractivity contribution < 1.29 is 27.8 Å². The van der Waals surface area contributed by atoms with Gasteiger partial charge in [-0.1, -0.05) is 0 Å². The van der Waals surface area contributed by atoms with E-state index in [1.807, 2.05) is 24.0 Å². The summed E-state index contributed by atoms with van der Waals surface area (Å²) in [6, 6.07) is 3.83. The summed E-state index contributed by atoms with van der Waals surface area (Å²) >= 11 is -2.26. The van der Waals surface area contributed by atoms with Crippen LogP contribution in [0.4, 0.5) is 10.6 Å². The Labute approximate surface area is 203 Å². The first-order chi connectivity index (χ1) is 16.3. The van der Waals surface area contributed by atoms with Crippen molar-refractivity contribution >= 4 is 28.9 Å². The molecule has 1 aromatic rings. The monoisotopic (exact) mass is 495 g/mol. The molecule has 1 aliphatic heterocycles. The van der Waals surface area contributed by atoms with Crippen molar-refractivity contribution in [3.8, 4) is 0 Å². The van der Waals surface area contributed by atoms with Gasteiger partial charge in [-0.05, 0) is 80.6 Å². The van der Waals surface area contributed by atoms with Crippen molar-refractivity contribution in [3.63, 3.8) is 0 Å². The Morgan fingerprint density at radius 1 is 1.32 bits per heavy atom. The predicted molar refractivity (Wildman–Crippen MR) is 127 cm³/mol. The molecular weight excluding hydrogens is 460 g/mol. The minimum atomic E-state index is -2.26. The van der Waals surface area contributed by atoms with Gasteiger partial charge in [0.2, 0.25) is 0 Å². The van der Waals surface area contributed by atoms with Gasteiger partial charge >= 0.3 is 6.09 Å². The number of anilines is 1. The van der Waals surface area contributed by atoms with Crippen molar-refractivity contribution in [2.24, 2.45) is 0 Å². The fourth-order valence-corrected chi connectivity index (χ4v) is 4.67. The summed E-state index contributed by atoms with van der Waals surface area (Å²) in [5.41, 5.74) is 1.67. The highest BCUT2D eigenvalue weighted by molar-refractivity contribution is 7.79. The van der Waals surface area contributed by atoms with Gasteiger partial charge in [0.25, 0.3) is 5.91 Å². The Balaban J connectivity index is 1.82. The van der Waals surface area contributed by atoms with E-state index in [4.69, 9.17) is 4.74 Å². The Morgan fingerprint density at radius 3 is 2.71 bits per heavy atom. The molecule has 2 fully saturated rings. The largest absolute Gasteiger partial charge is 0.771 e. The molecule has 190 valence electrons. The average molecular weight is 496 g/mol. The second-order valence-corrected chi connectivity index (χ2v) is 9.78. The molecule has 3 rings (SSSR count). The van der Waals surface area contributed by atoms with Crippen LogP contribution in [0.25, 0.3) is 0 Å². The molecule has 3 atom stereocenters. The van der Waals surface area contributed by atoms with Gasteiger partial charge in [0.05, 0.1) is 19.0 Å². The van der Waals surface area contributed by atoms with E-state index in [2.05, 4.69) is 15.0 Å². The summed E-state index contributed by atoms with van der Waals surface area (Å²) in [6.45, 7) is 3.05. The highest BCUT2D eigenvalue weighted by Crippen LogP contribution is 2.37. The summed E-state index contributed by atoms with van der Waals surface area (Å²) in [5, 5.41) is 2.65. The van der Waals surface area contributed by atoms with Gasteiger partial charge in [0.15, 0.2) is 0 Å². The van der Waals surface area contributed by atoms with E-state index in [9.17, 15) is 18.4 Å². The number of pyridine rings is 1. The van der Waals surface area contributed by atoms with Gasteiger partial charge < -0.3 is 29.1 Å². The molecule has 0 spiro atoms. The van der Waals surface area contributed by atoms with Crippen LogP contribution in [0.5, 0.6) is 0 Å². The number of methoxy groups -OCH3 is 1. The number of alkyl carbamates (subject to hydrolysis) is 1. The fraction of sp³-hybridized carbons (Fsp3) is 0.696. The van der Waals surface area contributed by atoms with Crippen LogP contribution >= 0.6 is 0 Å². The number of aryl methyl sites for hydroxylation is 1. The Bertz CT molecular complexity index is 875. The number of ether oxygens (including phenoxy) is 2. The van der Waals surface area contributed by atoms with Crippen LogP contribution in [0.2, 0.25) is 0 Å². The lowest BCUT2D eigenvalue weighted by Gasteiger charge is -2.34. The maximum atomic E-state index is 13.4. The van der Waals surface area contributed by atoms with Crippen LogP contribution in [0.15, 0.2) is 12.1 Å². The van der Waals surface area contributed by atoms with E-state index in [-0.39, 0.29) is 23.9 Å². The molecule has 1 aromatic heterocycles. The van der Waals surface area contributed by atoms with Crippen molar-refractivity contribution in [2.45, 2.75) is 70.1 Å². The molecule has 0 radical (unpaired) electrons. The molecule has 1 saturated heterocycles. The summed E-state index contributed by atoms with van der Waals surface area (Å²) in [4.78, 5) is 32.8. The van der Waals surface area contributed by atoms with Gasteiger partial charge in [-0.2, -0.15) is 0 Å². The standard InChI is InChI=1S/C23H36N4O6S/c1-16(27(19-9-10-19)22(28)20-8-4-5-12-33-20)17-13-18(7-6-11-24-23(29)32-3)25-21(14-17)26(2)15-34(30)31/h13-14,16,19-20H,4-12,15H2,1-3H3,(H,24,29)(H,30,31)/p-1/t16-,20-/m1/s1. The van der Waals surface area contributed by atoms with Crippen molar-refractivity contribution in [1.82, 2.24) is 15.2 Å². The second kappa shape index (κ2) is 12.5. The normalized spacial score (nSPS) is 19.7. The topological polar surface area (TPSA) is 124 Å². The van der Waals surface area contributed by atoms with Crippen molar-refractivity contribution in [3.05, 3.63) is 23.4 Å². The lowest BCUT2D eigenvalue weighted by molar-refractivity contribution is -0.149. The van der Waals surface area contributed by atoms with Crippen LogP contribution < -0.4 is 10.2 Å². The Kier molecular flexibility index (Phi) is 9.66. The highest BCUT2D eigenvalue weighted by Gasteiger charge is 2.40. The molecule has 1 unspecified atom stereocenters. The van der Waals surface area contributed by atoms with Crippen LogP contribution in [-0.4, -0.2) is 76.0 Å². The third-order valence-electron chi connectivity index (χ3n) is 6.19. The first-order valence-electron chi connectivity index (χ1n) is 11.8. The molecule has 11 heteroatoms. The summed E-state index contributed by atoms with van der Waals surface area (Å²) in [5.74, 6) is 0.377. The number of nitrogens with one attached hydrogen (secondary N) is 1. The molecule has 2 amide bonds. The average Bonchev–Trinajstić information content (AvgIpc) is 3.66. The molecule has 34 heavy (non-hydrogen) atoms. The number of nitrogens with zero attached hydrogens (tertiary/aromatic N) is 3. The van der Waals surface area contributed by atoms with Crippen LogP contribution in [0.3, 0.4) is 0 Å². The van der Waals surface area contributed by atoms with E-state index >= 15 is 0 Å². The zero-order valence-corrected chi connectivity index (χ0v) is 21.0. The third kappa shape index (κ3) is 7.38. The Morgan fingerprint density at radius 2 is 2.09 bits per heavy atom. The molecule has 2 heterocycles. The predicted octanol–water partition coefficient (Wildman–Crippen LogP) is 2.26. The van der Waals surface area contributed by atoms with Crippen LogP contribution in [0.1, 0.15) is 62.7 Å². The van der Waals surface area contributed by atoms with Crippen LogP contribution in [0, 0.1) is 0 Å². The minimum Gasteiger partial charge on any atom is -0.771 e. The number of hydrogen-bond donors (Lipinski definition) is 1. The molecular formula is C23H35N4O6S-. The third-order valence-corrected chi connectivity index (χ3v) is 6.79. The zero-order chi connectivity index (χ0) is 24.7. The maximum absolute atomic E-state index is 13.4. The molecule has 0 bridgehead atoms. The first-order valence-corrected chi connectivity index (χ1v) is 13.1. The van der Waals surface area contributed by atoms with Crippen LogP contribution in [-0.2, 0) is 31.8 Å². The van der Waals surface area contributed by atoms with Gasteiger partial charge in [0, 0.05) is 31.9 Å². The lowest BCUT2D eigenvalue weighted by Crippen LogP contribution is -2.44. The number of aromatic nitrogens is 1. The number of amides is 2. The van der Waals surface area contributed by atoms with E-state index in [1.165, 1.54) is 7.11 Å². The molecule has 0 aromatic carbocycles. The van der Waals surface area contributed by atoms with Gasteiger partial charge in [0.1, 0.15) is 11.9 Å². The Hall–Kier alpha value is -2.24. The van der Waals surface area contributed by atoms with E-state index < -0.39 is 23.3 Å². The van der Waals surface area contributed by atoms with Gasteiger partial charge in [-0.3, -0.25) is 9.00 Å². The van der Waals surface area contributed by atoms with E-state index in [0.29, 0.717) is 31.8 Å². The number of carbonyl (C=O) groups excluding carboxylic acids is 2. The number of carbonyl (C=O) groups is 2.